The molecule has 1 fully saturated rings. The minimum Gasteiger partial charge on any atom is -0.379 e. The van der Waals surface area contributed by atoms with Gasteiger partial charge in [0.1, 0.15) is 5.82 Å². The van der Waals surface area contributed by atoms with Crippen LogP contribution < -0.4 is 11.1 Å². The fourth-order valence-electron chi connectivity index (χ4n) is 2.00. The fraction of sp³-hybridized carbons (Fsp3) is 0.750. The lowest BCUT2D eigenvalue weighted by molar-refractivity contribution is 0.0874. The molecule has 0 aliphatic carbocycles. The molecule has 0 radical (unpaired) electrons. The topological polar surface area (TPSA) is 86.0 Å². The number of nitrogens with zero attached hydrogens (tertiary/aromatic N) is 3. The van der Waals surface area contributed by atoms with Crippen LogP contribution in [-0.2, 0) is 11.2 Å². The van der Waals surface area contributed by atoms with Gasteiger partial charge in [0.05, 0.1) is 12.6 Å². The molecular weight excluding hydrogens is 230 g/mol. The van der Waals surface area contributed by atoms with E-state index in [4.69, 9.17) is 10.5 Å². The van der Waals surface area contributed by atoms with E-state index in [1.807, 2.05) is 0 Å². The minimum atomic E-state index is 0.271. The van der Waals surface area contributed by atoms with E-state index in [0.717, 1.165) is 31.7 Å². The number of nitrogens with two attached hydrogens (primary N) is 1. The first kappa shape index (κ1) is 13.0. The molecule has 6 heteroatoms. The minimum absolute atomic E-state index is 0.271. The van der Waals surface area contributed by atoms with E-state index in [9.17, 15) is 0 Å². The van der Waals surface area contributed by atoms with E-state index in [-0.39, 0.29) is 12.0 Å². The van der Waals surface area contributed by atoms with E-state index in [1.165, 1.54) is 0 Å². The van der Waals surface area contributed by atoms with Gasteiger partial charge in [-0.3, -0.25) is 0 Å². The Balaban J connectivity index is 2.04. The molecule has 1 aromatic heterocycles. The molecule has 0 bridgehead atoms. The smallest absolute Gasteiger partial charge is 0.228 e. The predicted octanol–water partition coefficient (Wildman–Crippen LogP) is 1.24. The molecule has 18 heavy (non-hydrogen) atoms. The Labute approximate surface area is 107 Å². The van der Waals surface area contributed by atoms with Crippen LogP contribution in [0.25, 0.3) is 0 Å². The molecule has 1 aliphatic heterocycles. The second-order valence-electron chi connectivity index (χ2n) is 5.09. The van der Waals surface area contributed by atoms with Gasteiger partial charge in [-0.15, -0.1) is 0 Å². The summed E-state index contributed by atoms with van der Waals surface area (Å²) in [5.74, 6) is 2.09. The van der Waals surface area contributed by atoms with Crippen LogP contribution >= 0.6 is 0 Å². The maximum Gasteiger partial charge on any atom is 0.228 e. The Hall–Kier alpha value is -1.43. The molecule has 0 amide bonds. The molecule has 2 heterocycles. The summed E-state index contributed by atoms with van der Waals surface area (Å²) in [5.41, 5.74) is 5.71. The molecule has 0 saturated carbocycles. The fourth-order valence-corrected chi connectivity index (χ4v) is 2.00. The molecule has 100 valence electrons. The third-order valence-electron chi connectivity index (χ3n) is 2.78. The van der Waals surface area contributed by atoms with Crippen molar-refractivity contribution >= 4 is 11.9 Å². The lowest BCUT2D eigenvalue weighted by Crippen LogP contribution is -2.31. The first-order chi connectivity index (χ1) is 8.63. The molecule has 1 aliphatic rings. The summed E-state index contributed by atoms with van der Waals surface area (Å²) in [5, 5.41) is 3.27. The van der Waals surface area contributed by atoms with E-state index in [1.54, 1.807) is 0 Å². The van der Waals surface area contributed by atoms with Gasteiger partial charge < -0.3 is 15.8 Å². The largest absolute Gasteiger partial charge is 0.379 e. The van der Waals surface area contributed by atoms with Crippen molar-refractivity contribution in [2.45, 2.75) is 39.2 Å². The van der Waals surface area contributed by atoms with Crippen LogP contribution in [0.2, 0.25) is 0 Å². The lowest BCUT2D eigenvalue weighted by Gasteiger charge is -2.23. The van der Waals surface area contributed by atoms with Gasteiger partial charge in [-0.1, -0.05) is 13.8 Å². The van der Waals surface area contributed by atoms with E-state index >= 15 is 0 Å². The van der Waals surface area contributed by atoms with Gasteiger partial charge in [0.15, 0.2) is 0 Å². The van der Waals surface area contributed by atoms with Gasteiger partial charge in [-0.25, -0.2) is 0 Å². The standard InChI is InChI=1S/C12H21N5O/c1-8(2)6-10-15-11(13)17-12(16-10)14-9-4-3-5-18-7-9/h8-9H,3-7H2,1-2H3,(H3,13,14,15,16,17). The second kappa shape index (κ2) is 5.95. The van der Waals surface area contributed by atoms with Crippen LogP contribution in [0.3, 0.4) is 0 Å². The summed E-state index contributed by atoms with van der Waals surface area (Å²) in [4.78, 5) is 12.7. The third kappa shape index (κ3) is 3.80. The highest BCUT2D eigenvalue weighted by molar-refractivity contribution is 5.32. The Bertz CT molecular complexity index is 390. The van der Waals surface area contributed by atoms with Gasteiger partial charge in [-0.05, 0) is 18.8 Å². The molecule has 6 nitrogen and oxygen atoms in total. The number of nitrogens with one attached hydrogen (secondary N) is 1. The van der Waals surface area contributed by atoms with Gasteiger partial charge in [-0.2, -0.15) is 15.0 Å². The number of nitrogen functional groups attached to an aromatic ring is 1. The molecule has 0 aromatic carbocycles. The summed E-state index contributed by atoms with van der Waals surface area (Å²) in [6.45, 7) is 5.80. The first-order valence-electron chi connectivity index (χ1n) is 6.48. The van der Waals surface area contributed by atoms with Crippen LogP contribution in [0.5, 0.6) is 0 Å². The van der Waals surface area contributed by atoms with Crippen LogP contribution in [-0.4, -0.2) is 34.2 Å². The van der Waals surface area contributed by atoms with E-state index in [0.29, 0.717) is 18.5 Å². The lowest BCUT2D eigenvalue weighted by atomic mass is 10.1. The van der Waals surface area contributed by atoms with Crippen molar-refractivity contribution in [1.82, 2.24) is 15.0 Å². The first-order valence-corrected chi connectivity index (χ1v) is 6.48. The summed E-state index contributed by atoms with van der Waals surface area (Å²) < 4.78 is 5.41. The Morgan fingerprint density at radius 2 is 2.22 bits per heavy atom. The molecule has 2 rings (SSSR count). The van der Waals surface area contributed by atoms with Gasteiger partial charge in [0.25, 0.3) is 0 Å². The molecule has 3 N–H and O–H groups in total. The average Bonchev–Trinajstić information content (AvgIpc) is 2.28. The van der Waals surface area contributed by atoms with Crippen molar-refractivity contribution in [2.75, 3.05) is 24.3 Å². The number of aromatic nitrogens is 3. The zero-order chi connectivity index (χ0) is 13.0. The van der Waals surface area contributed by atoms with Gasteiger partial charge in [0, 0.05) is 13.0 Å². The highest BCUT2D eigenvalue weighted by Gasteiger charge is 2.15. The number of rotatable bonds is 4. The van der Waals surface area contributed by atoms with Crippen LogP contribution in [0.4, 0.5) is 11.9 Å². The Morgan fingerprint density at radius 3 is 2.89 bits per heavy atom. The Morgan fingerprint density at radius 1 is 1.39 bits per heavy atom. The molecule has 1 unspecified atom stereocenters. The average molecular weight is 251 g/mol. The molecule has 1 atom stereocenters. The quantitative estimate of drug-likeness (QED) is 0.837. The SMILES string of the molecule is CC(C)Cc1nc(N)nc(NC2CCCOC2)n1. The maximum atomic E-state index is 5.71. The van der Waals surface area contributed by atoms with E-state index < -0.39 is 0 Å². The molecule has 1 saturated heterocycles. The van der Waals surface area contributed by atoms with Crippen molar-refractivity contribution in [3.8, 4) is 0 Å². The number of ether oxygens (including phenoxy) is 1. The normalized spacial score (nSPS) is 20.1. The van der Waals surface area contributed by atoms with Crippen molar-refractivity contribution in [3.05, 3.63) is 5.82 Å². The summed E-state index contributed by atoms with van der Waals surface area (Å²) in [7, 11) is 0. The van der Waals surface area contributed by atoms with Crippen molar-refractivity contribution in [3.63, 3.8) is 0 Å². The number of anilines is 2. The highest BCUT2D eigenvalue weighted by atomic mass is 16.5. The van der Waals surface area contributed by atoms with E-state index in [2.05, 4.69) is 34.1 Å². The molecule has 1 aromatic rings. The second-order valence-corrected chi connectivity index (χ2v) is 5.09. The molecule has 0 spiro atoms. The zero-order valence-corrected chi connectivity index (χ0v) is 11.0. The van der Waals surface area contributed by atoms with Gasteiger partial charge in [0.2, 0.25) is 11.9 Å². The zero-order valence-electron chi connectivity index (χ0n) is 11.0. The third-order valence-corrected chi connectivity index (χ3v) is 2.78. The molecular formula is C12H21N5O. The summed E-state index contributed by atoms with van der Waals surface area (Å²) in [6.07, 6.45) is 2.95. The monoisotopic (exact) mass is 251 g/mol. The number of hydrogen-bond acceptors (Lipinski definition) is 6. The van der Waals surface area contributed by atoms with Crippen molar-refractivity contribution < 1.29 is 4.74 Å². The maximum absolute atomic E-state index is 5.71. The summed E-state index contributed by atoms with van der Waals surface area (Å²) >= 11 is 0. The van der Waals surface area contributed by atoms with Crippen LogP contribution in [0.1, 0.15) is 32.5 Å². The summed E-state index contributed by atoms with van der Waals surface area (Å²) in [6, 6.07) is 0.271. The van der Waals surface area contributed by atoms with Crippen molar-refractivity contribution in [2.24, 2.45) is 5.92 Å². The van der Waals surface area contributed by atoms with Crippen molar-refractivity contribution in [1.29, 1.82) is 0 Å². The van der Waals surface area contributed by atoms with Crippen LogP contribution in [0, 0.1) is 5.92 Å². The number of hydrogen-bond donors (Lipinski definition) is 2. The van der Waals surface area contributed by atoms with Crippen LogP contribution in [0.15, 0.2) is 0 Å². The van der Waals surface area contributed by atoms with Gasteiger partial charge >= 0.3 is 0 Å². The predicted molar refractivity (Wildman–Crippen MR) is 70.2 cm³/mol. The highest BCUT2D eigenvalue weighted by Crippen LogP contribution is 2.13. The Kier molecular flexibility index (Phi) is 4.30.